The van der Waals surface area contributed by atoms with Gasteiger partial charge in [0.1, 0.15) is 5.01 Å². The third kappa shape index (κ3) is 3.49. The molecule has 0 unspecified atom stereocenters. The fourth-order valence-corrected chi connectivity index (χ4v) is 3.26. The number of nitro groups is 1. The van der Waals surface area contributed by atoms with Crippen LogP contribution in [0.5, 0.6) is 0 Å². The van der Waals surface area contributed by atoms with Gasteiger partial charge in [0, 0.05) is 23.1 Å². The molecule has 22 heavy (non-hydrogen) atoms. The number of benzene rings is 1. The molecule has 0 atom stereocenters. The van der Waals surface area contributed by atoms with Gasteiger partial charge in [0.25, 0.3) is 5.69 Å². The van der Waals surface area contributed by atoms with Gasteiger partial charge < -0.3 is 0 Å². The largest absolute Gasteiger partial charge is 0.269 e. The highest BCUT2D eigenvalue weighted by molar-refractivity contribution is 7.10. The van der Waals surface area contributed by atoms with Crippen LogP contribution in [0.25, 0.3) is 5.57 Å². The van der Waals surface area contributed by atoms with E-state index in [0.717, 1.165) is 41.9 Å². The third-order valence-electron chi connectivity index (χ3n) is 3.61. The summed E-state index contributed by atoms with van der Waals surface area (Å²) >= 11 is 1.68. The van der Waals surface area contributed by atoms with E-state index in [1.165, 1.54) is 5.57 Å². The van der Waals surface area contributed by atoms with Crippen LogP contribution in [0.3, 0.4) is 0 Å². The van der Waals surface area contributed by atoms with E-state index < -0.39 is 0 Å². The Kier molecular flexibility index (Phi) is 4.44. The molecule has 1 aliphatic rings. The second-order valence-corrected chi connectivity index (χ2v) is 6.06. The van der Waals surface area contributed by atoms with Crippen molar-refractivity contribution in [2.24, 2.45) is 0 Å². The molecule has 0 fully saturated rings. The molecule has 0 bridgehead atoms. The highest BCUT2D eigenvalue weighted by Crippen LogP contribution is 2.25. The van der Waals surface area contributed by atoms with Gasteiger partial charge in [0.05, 0.1) is 10.6 Å². The first kappa shape index (κ1) is 14.7. The molecule has 5 heteroatoms. The van der Waals surface area contributed by atoms with Gasteiger partial charge in [-0.15, -0.1) is 11.3 Å². The second-order valence-electron chi connectivity index (χ2n) is 5.21. The number of hydrogen-bond donors (Lipinski definition) is 0. The maximum Gasteiger partial charge on any atom is 0.269 e. The maximum atomic E-state index is 10.6. The van der Waals surface area contributed by atoms with Crippen molar-refractivity contribution in [2.45, 2.75) is 25.7 Å². The van der Waals surface area contributed by atoms with Crippen LogP contribution < -0.4 is 0 Å². The summed E-state index contributed by atoms with van der Waals surface area (Å²) in [6.45, 7) is 0. The third-order valence-corrected chi connectivity index (χ3v) is 4.55. The topological polar surface area (TPSA) is 56.0 Å². The van der Waals surface area contributed by atoms with Gasteiger partial charge in [0.15, 0.2) is 0 Å². The minimum absolute atomic E-state index is 0.135. The Hall–Kier alpha value is -2.27. The minimum Gasteiger partial charge on any atom is -0.258 e. The van der Waals surface area contributed by atoms with Crippen LogP contribution >= 0.6 is 11.3 Å². The van der Waals surface area contributed by atoms with Crippen molar-refractivity contribution >= 4 is 22.6 Å². The SMILES string of the molecule is O=[N+]([O-])c1ccc(CCc2csc(C3=CCCC=C3)n2)cc1. The fourth-order valence-electron chi connectivity index (χ4n) is 2.38. The Bertz CT molecular complexity index is 729. The summed E-state index contributed by atoms with van der Waals surface area (Å²) in [4.78, 5) is 14.9. The van der Waals surface area contributed by atoms with E-state index in [4.69, 9.17) is 0 Å². The van der Waals surface area contributed by atoms with Crippen molar-refractivity contribution in [1.82, 2.24) is 4.98 Å². The van der Waals surface area contributed by atoms with Crippen LogP contribution in [-0.2, 0) is 12.8 Å². The molecule has 4 nitrogen and oxygen atoms in total. The van der Waals surface area contributed by atoms with Crippen LogP contribution in [0.4, 0.5) is 5.69 Å². The van der Waals surface area contributed by atoms with Crippen LogP contribution in [0.2, 0.25) is 0 Å². The van der Waals surface area contributed by atoms with E-state index in [9.17, 15) is 10.1 Å². The second kappa shape index (κ2) is 6.66. The summed E-state index contributed by atoms with van der Waals surface area (Å²) in [5.41, 5.74) is 3.53. The van der Waals surface area contributed by atoms with E-state index in [1.807, 2.05) is 12.1 Å². The molecule has 1 heterocycles. The van der Waals surface area contributed by atoms with Crippen LogP contribution in [0.15, 0.2) is 47.9 Å². The molecule has 1 aliphatic carbocycles. The molecule has 1 aromatic heterocycles. The normalized spacial score (nSPS) is 13.9. The summed E-state index contributed by atoms with van der Waals surface area (Å²) in [7, 11) is 0. The lowest BCUT2D eigenvalue weighted by Gasteiger charge is -2.02. The Morgan fingerprint density at radius 2 is 2.00 bits per heavy atom. The lowest BCUT2D eigenvalue weighted by atomic mass is 10.1. The average molecular weight is 312 g/mol. The van der Waals surface area contributed by atoms with Crippen molar-refractivity contribution in [1.29, 1.82) is 0 Å². The summed E-state index contributed by atoms with van der Waals surface area (Å²) in [6.07, 6.45) is 10.5. The van der Waals surface area contributed by atoms with Crippen LogP contribution in [-0.4, -0.2) is 9.91 Å². The highest BCUT2D eigenvalue weighted by Gasteiger charge is 2.08. The number of allylic oxidation sites excluding steroid dienone is 4. The number of aryl methyl sites for hydroxylation is 2. The average Bonchev–Trinajstić information content (AvgIpc) is 3.03. The minimum atomic E-state index is -0.373. The van der Waals surface area contributed by atoms with Crippen molar-refractivity contribution in [3.63, 3.8) is 0 Å². The standard InChI is InChI=1S/C17H16N2O2S/c20-19(21)16-10-7-13(8-11-16)6-9-15-12-22-17(18-15)14-4-2-1-3-5-14/h2,4-5,7-8,10-12H,1,3,6,9H2. The highest BCUT2D eigenvalue weighted by atomic mass is 32.1. The lowest BCUT2D eigenvalue weighted by Crippen LogP contribution is -1.94. The Labute approximate surface area is 133 Å². The number of aromatic nitrogens is 1. The molecule has 0 radical (unpaired) electrons. The van der Waals surface area contributed by atoms with Gasteiger partial charge in [-0.3, -0.25) is 10.1 Å². The molecule has 2 aromatic rings. The number of hydrogen-bond acceptors (Lipinski definition) is 4. The summed E-state index contributed by atoms with van der Waals surface area (Å²) in [6, 6.07) is 6.74. The number of thiazole rings is 1. The summed E-state index contributed by atoms with van der Waals surface area (Å²) < 4.78 is 0. The zero-order valence-corrected chi connectivity index (χ0v) is 12.9. The zero-order valence-electron chi connectivity index (χ0n) is 12.1. The molecule has 1 aromatic carbocycles. The fraction of sp³-hybridized carbons (Fsp3) is 0.235. The first-order chi connectivity index (χ1) is 10.7. The Morgan fingerprint density at radius 3 is 2.68 bits per heavy atom. The monoisotopic (exact) mass is 312 g/mol. The van der Waals surface area contributed by atoms with Crippen molar-refractivity contribution < 1.29 is 4.92 Å². The van der Waals surface area contributed by atoms with E-state index in [0.29, 0.717) is 0 Å². The Balaban J connectivity index is 1.62. The maximum absolute atomic E-state index is 10.6. The smallest absolute Gasteiger partial charge is 0.258 e. The quantitative estimate of drug-likeness (QED) is 0.600. The molecular formula is C17H16N2O2S. The van der Waals surface area contributed by atoms with E-state index in [-0.39, 0.29) is 10.6 Å². The predicted octanol–water partition coefficient (Wildman–Crippen LogP) is 4.57. The van der Waals surface area contributed by atoms with Crippen LogP contribution in [0.1, 0.15) is 29.1 Å². The van der Waals surface area contributed by atoms with E-state index in [1.54, 1.807) is 23.5 Å². The summed E-state index contributed by atoms with van der Waals surface area (Å²) in [5.74, 6) is 0. The first-order valence-corrected chi connectivity index (χ1v) is 8.15. The van der Waals surface area contributed by atoms with E-state index >= 15 is 0 Å². The lowest BCUT2D eigenvalue weighted by molar-refractivity contribution is -0.384. The number of nitrogens with zero attached hydrogens (tertiary/aromatic N) is 2. The predicted molar refractivity (Wildman–Crippen MR) is 89.0 cm³/mol. The summed E-state index contributed by atoms with van der Waals surface area (Å²) in [5, 5.41) is 13.8. The van der Waals surface area contributed by atoms with Crippen molar-refractivity contribution in [3.05, 3.63) is 74.3 Å². The molecule has 0 amide bonds. The zero-order chi connectivity index (χ0) is 15.4. The molecule has 3 rings (SSSR count). The molecule has 0 saturated heterocycles. The van der Waals surface area contributed by atoms with Gasteiger partial charge in [-0.25, -0.2) is 4.98 Å². The van der Waals surface area contributed by atoms with Gasteiger partial charge in [-0.1, -0.05) is 30.4 Å². The Morgan fingerprint density at radius 1 is 1.18 bits per heavy atom. The number of rotatable bonds is 5. The molecule has 0 spiro atoms. The van der Waals surface area contributed by atoms with E-state index in [2.05, 4.69) is 28.6 Å². The molecule has 0 N–H and O–H groups in total. The van der Waals surface area contributed by atoms with Crippen LogP contribution in [0, 0.1) is 10.1 Å². The van der Waals surface area contributed by atoms with Gasteiger partial charge >= 0.3 is 0 Å². The first-order valence-electron chi connectivity index (χ1n) is 7.27. The molecule has 112 valence electrons. The van der Waals surface area contributed by atoms with Crippen molar-refractivity contribution in [2.75, 3.05) is 0 Å². The van der Waals surface area contributed by atoms with Gasteiger partial charge in [0.2, 0.25) is 0 Å². The number of nitro benzene ring substituents is 1. The number of non-ortho nitro benzene ring substituents is 1. The molecular weight excluding hydrogens is 296 g/mol. The molecule has 0 saturated carbocycles. The van der Waals surface area contributed by atoms with Gasteiger partial charge in [-0.05, 0) is 31.2 Å². The van der Waals surface area contributed by atoms with Gasteiger partial charge in [-0.2, -0.15) is 0 Å². The van der Waals surface area contributed by atoms with Crippen molar-refractivity contribution in [3.8, 4) is 0 Å². The molecule has 0 aliphatic heterocycles.